The first-order chi connectivity index (χ1) is 20.2. The molecule has 10 heteroatoms. The van der Waals surface area contributed by atoms with Crippen molar-refractivity contribution in [2.75, 3.05) is 13.2 Å². The summed E-state index contributed by atoms with van der Waals surface area (Å²) >= 11 is 0. The van der Waals surface area contributed by atoms with Crippen LogP contribution in [0.3, 0.4) is 0 Å². The van der Waals surface area contributed by atoms with E-state index in [2.05, 4.69) is 20.8 Å². The number of hydrogen-bond donors (Lipinski definition) is 7. The fraction of sp³-hybridized carbons (Fsp3) is 1.00. The number of fused-ring (bicyclic) bond motifs is 7. The van der Waals surface area contributed by atoms with Gasteiger partial charge in [0.1, 0.15) is 24.4 Å². The highest BCUT2D eigenvalue weighted by atomic mass is 16.7. The predicted octanol–water partition coefficient (Wildman–Crippen LogP) is 1.54. The van der Waals surface area contributed by atoms with Crippen molar-refractivity contribution in [3.63, 3.8) is 0 Å². The van der Waals surface area contributed by atoms with Gasteiger partial charge in [-0.1, -0.05) is 27.7 Å². The second-order valence-corrected chi connectivity index (χ2v) is 16.0. The Morgan fingerprint density at radius 2 is 1.65 bits per heavy atom. The van der Waals surface area contributed by atoms with Gasteiger partial charge in [-0.3, -0.25) is 0 Å². The lowest BCUT2D eigenvalue weighted by atomic mass is 9.44. The molecule has 10 nitrogen and oxygen atoms in total. The van der Waals surface area contributed by atoms with E-state index in [1.165, 1.54) is 6.42 Å². The minimum Gasteiger partial charge on any atom is -0.394 e. The van der Waals surface area contributed by atoms with E-state index in [1.807, 2.05) is 6.92 Å². The molecule has 2 saturated heterocycles. The first-order valence-corrected chi connectivity index (χ1v) is 16.9. The molecule has 6 rings (SSSR count). The normalized spacial score (nSPS) is 57.0. The predicted molar refractivity (Wildman–Crippen MR) is 155 cm³/mol. The lowest BCUT2D eigenvalue weighted by molar-refractivity contribution is -0.303. The highest BCUT2D eigenvalue weighted by Gasteiger charge is 2.68. The van der Waals surface area contributed by atoms with E-state index in [1.54, 1.807) is 0 Å². The van der Waals surface area contributed by atoms with Crippen molar-refractivity contribution in [3.05, 3.63) is 0 Å². The van der Waals surface area contributed by atoms with Gasteiger partial charge in [-0.15, -0.1) is 0 Å². The van der Waals surface area contributed by atoms with Crippen molar-refractivity contribution in [2.45, 2.75) is 140 Å². The fourth-order valence-corrected chi connectivity index (χ4v) is 11.3. The molecule has 6 fully saturated rings. The SMILES string of the molecule is CC(CCC1(O)O[C@H]2C[C@H]3[C@@H]4CCC5CC(O)C(O)C[C@]5(C)[C@H]4CC[C@]3(C)[C@H]2[C@@H]1C)CO[C@@H]1O[C@H](CO)[C@@H](O)[C@H](O)[C@H]1O. The van der Waals surface area contributed by atoms with Crippen molar-refractivity contribution in [3.8, 4) is 0 Å². The molecule has 7 N–H and O–H groups in total. The summed E-state index contributed by atoms with van der Waals surface area (Å²) in [6.07, 6.45) is 0.335. The Kier molecular flexibility index (Phi) is 8.84. The van der Waals surface area contributed by atoms with Gasteiger partial charge >= 0.3 is 0 Å². The summed E-state index contributed by atoms with van der Waals surface area (Å²) in [7, 11) is 0. The lowest BCUT2D eigenvalue weighted by Gasteiger charge is -2.61. The second-order valence-electron chi connectivity index (χ2n) is 16.0. The van der Waals surface area contributed by atoms with Crippen LogP contribution in [0.4, 0.5) is 0 Å². The first kappa shape index (κ1) is 32.5. The summed E-state index contributed by atoms with van der Waals surface area (Å²) in [6.45, 7) is 8.67. The summed E-state index contributed by atoms with van der Waals surface area (Å²) in [5, 5.41) is 72.5. The van der Waals surface area contributed by atoms with Gasteiger partial charge < -0.3 is 50.0 Å². The molecule has 248 valence electrons. The highest BCUT2D eigenvalue weighted by Crippen LogP contribution is 2.70. The van der Waals surface area contributed by atoms with E-state index < -0.39 is 55.3 Å². The molecule has 0 amide bonds. The standard InChI is InChI=1S/C33H56O10/c1-16(15-41-30-29(39)28(38)27(37)25(14-34)42-30)7-10-33(40)17(2)26-24(43-33)12-21-19-6-5-18-11-22(35)23(36)13-32(18,4)20(19)8-9-31(21,26)3/h16-30,34-40H,5-15H2,1-4H3/t16?,17-,18?,19+,20-,21-,22?,23?,24-,25+,26-,27+,28-,29+,30+,31-,32-,33?/m0/s1. The highest BCUT2D eigenvalue weighted by molar-refractivity contribution is 5.15. The van der Waals surface area contributed by atoms with E-state index in [0.717, 1.165) is 25.7 Å². The smallest absolute Gasteiger partial charge is 0.186 e. The molecule has 0 aromatic carbocycles. The number of aliphatic hydroxyl groups excluding tert-OH is 6. The Morgan fingerprint density at radius 1 is 0.907 bits per heavy atom. The van der Waals surface area contributed by atoms with Gasteiger partial charge in [0, 0.05) is 12.3 Å². The van der Waals surface area contributed by atoms with Crippen molar-refractivity contribution < 1.29 is 50.0 Å². The van der Waals surface area contributed by atoms with E-state index in [4.69, 9.17) is 14.2 Å². The lowest BCUT2D eigenvalue weighted by Crippen LogP contribution is -2.59. The summed E-state index contributed by atoms with van der Waals surface area (Å²) in [5.74, 6) is 1.23. The molecule has 43 heavy (non-hydrogen) atoms. The first-order valence-electron chi connectivity index (χ1n) is 16.9. The molecule has 2 heterocycles. The maximum Gasteiger partial charge on any atom is 0.186 e. The average molecular weight is 613 g/mol. The molecule has 18 atom stereocenters. The molecule has 5 unspecified atom stereocenters. The van der Waals surface area contributed by atoms with E-state index in [9.17, 15) is 35.7 Å². The molecule has 0 aromatic heterocycles. The van der Waals surface area contributed by atoms with Crippen LogP contribution < -0.4 is 0 Å². The topological polar surface area (TPSA) is 169 Å². The van der Waals surface area contributed by atoms with Crippen molar-refractivity contribution >= 4 is 0 Å². The maximum atomic E-state index is 11.8. The Hall–Kier alpha value is -0.400. The molecular formula is C33H56O10. The summed E-state index contributed by atoms with van der Waals surface area (Å²) in [5.41, 5.74) is 0.172. The molecular weight excluding hydrogens is 556 g/mol. The van der Waals surface area contributed by atoms with Gasteiger partial charge in [-0.25, -0.2) is 0 Å². The Morgan fingerprint density at radius 3 is 2.37 bits per heavy atom. The van der Waals surface area contributed by atoms with Crippen molar-refractivity contribution in [1.82, 2.24) is 0 Å². The summed E-state index contributed by atoms with van der Waals surface area (Å²) in [4.78, 5) is 0. The third-order valence-corrected chi connectivity index (χ3v) is 13.8. The van der Waals surface area contributed by atoms with Gasteiger partial charge in [0.2, 0.25) is 0 Å². The minimum atomic E-state index is -1.47. The number of ether oxygens (including phenoxy) is 3. The van der Waals surface area contributed by atoms with Crippen molar-refractivity contribution in [2.24, 2.45) is 52.3 Å². The zero-order chi connectivity index (χ0) is 31.1. The molecule has 0 aromatic rings. The molecule has 0 spiro atoms. The zero-order valence-electron chi connectivity index (χ0n) is 26.3. The van der Waals surface area contributed by atoms with Crippen LogP contribution in [0, 0.1) is 52.3 Å². The largest absolute Gasteiger partial charge is 0.394 e. The van der Waals surface area contributed by atoms with E-state index in [0.29, 0.717) is 49.4 Å². The van der Waals surface area contributed by atoms with Crippen LogP contribution in [0.15, 0.2) is 0 Å². The summed E-state index contributed by atoms with van der Waals surface area (Å²) < 4.78 is 17.8. The minimum absolute atomic E-state index is 0.00620. The average Bonchev–Trinajstić information content (AvgIpc) is 3.40. The zero-order valence-corrected chi connectivity index (χ0v) is 26.3. The van der Waals surface area contributed by atoms with Crippen LogP contribution in [0.2, 0.25) is 0 Å². The van der Waals surface area contributed by atoms with Crippen LogP contribution >= 0.6 is 0 Å². The molecule has 6 aliphatic rings. The van der Waals surface area contributed by atoms with Crippen molar-refractivity contribution in [1.29, 1.82) is 0 Å². The van der Waals surface area contributed by atoms with Gasteiger partial charge in [0.25, 0.3) is 0 Å². The number of aliphatic hydroxyl groups is 7. The number of hydrogen-bond acceptors (Lipinski definition) is 10. The fourth-order valence-electron chi connectivity index (χ4n) is 11.3. The third kappa shape index (κ3) is 5.24. The maximum absolute atomic E-state index is 11.8. The second kappa shape index (κ2) is 11.7. The van der Waals surface area contributed by atoms with E-state index in [-0.39, 0.29) is 41.3 Å². The van der Waals surface area contributed by atoms with Gasteiger partial charge in [-0.05, 0) is 97.7 Å². The van der Waals surface area contributed by atoms with Gasteiger partial charge in [0.05, 0.1) is 31.5 Å². The van der Waals surface area contributed by atoms with Gasteiger partial charge in [0.15, 0.2) is 12.1 Å². The summed E-state index contributed by atoms with van der Waals surface area (Å²) in [6, 6.07) is 0. The third-order valence-electron chi connectivity index (χ3n) is 13.8. The number of rotatable bonds is 7. The monoisotopic (exact) mass is 612 g/mol. The molecule has 4 saturated carbocycles. The van der Waals surface area contributed by atoms with Crippen LogP contribution in [0.5, 0.6) is 0 Å². The molecule has 4 aliphatic carbocycles. The molecule has 0 bridgehead atoms. The van der Waals surface area contributed by atoms with Crippen LogP contribution in [-0.4, -0.2) is 104 Å². The van der Waals surface area contributed by atoms with Crippen LogP contribution in [0.25, 0.3) is 0 Å². The van der Waals surface area contributed by atoms with Gasteiger partial charge in [-0.2, -0.15) is 0 Å². The van der Waals surface area contributed by atoms with Crippen LogP contribution in [-0.2, 0) is 14.2 Å². The Labute approximate surface area is 255 Å². The quantitative estimate of drug-likeness (QED) is 0.224. The molecule has 0 radical (unpaired) electrons. The molecule has 2 aliphatic heterocycles. The van der Waals surface area contributed by atoms with Crippen LogP contribution in [0.1, 0.15) is 85.5 Å². The van der Waals surface area contributed by atoms with E-state index >= 15 is 0 Å². The Bertz CT molecular complexity index is 997. The Balaban J connectivity index is 1.06.